The number of para-hydroxylation sites is 1. The SMILES string of the molecule is OC(c1ccnn1-c1ccccc1)C1CCCCCC1. The van der Waals surface area contributed by atoms with E-state index in [0.717, 1.165) is 24.2 Å². The molecule has 1 heterocycles. The maximum atomic E-state index is 10.7. The Kier molecular flexibility index (Phi) is 4.16. The van der Waals surface area contributed by atoms with Gasteiger partial charge >= 0.3 is 0 Å². The highest BCUT2D eigenvalue weighted by Gasteiger charge is 2.25. The summed E-state index contributed by atoms with van der Waals surface area (Å²) in [6.07, 6.45) is 8.71. The Hall–Kier alpha value is -1.61. The first-order chi connectivity index (χ1) is 9.86. The largest absolute Gasteiger partial charge is 0.387 e. The number of rotatable bonds is 3. The van der Waals surface area contributed by atoms with Crippen LogP contribution in [0.4, 0.5) is 0 Å². The second-order valence-corrected chi connectivity index (χ2v) is 5.70. The molecule has 3 nitrogen and oxygen atoms in total. The summed E-state index contributed by atoms with van der Waals surface area (Å²) in [4.78, 5) is 0. The van der Waals surface area contributed by atoms with Crippen molar-refractivity contribution in [3.05, 3.63) is 48.3 Å². The number of aliphatic hydroxyl groups is 1. The molecule has 1 fully saturated rings. The maximum Gasteiger partial charge on any atom is 0.0989 e. The molecular formula is C17H22N2O. The fraction of sp³-hybridized carbons (Fsp3) is 0.471. The summed E-state index contributed by atoms with van der Waals surface area (Å²) in [5, 5.41) is 15.1. The van der Waals surface area contributed by atoms with Gasteiger partial charge in [0, 0.05) is 6.20 Å². The van der Waals surface area contributed by atoms with Crippen LogP contribution in [0, 0.1) is 5.92 Å². The summed E-state index contributed by atoms with van der Waals surface area (Å²) < 4.78 is 1.87. The van der Waals surface area contributed by atoms with E-state index in [1.54, 1.807) is 6.20 Å². The molecule has 1 N–H and O–H groups in total. The first-order valence-electron chi connectivity index (χ1n) is 7.63. The third-order valence-corrected chi connectivity index (χ3v) is 4.32. The van der Waals surface area contributed by atoms with Crippen LogP contribution in [-0.4, -0.2) is 14.9 Å². The van der Waals surface area contributed by atoms with Crippen molar-refractivity contribution >= 4 is 0 Å². The van der Waals surface area contributed by atoms with Gasteiger partial charge in [-0.2, -0.15) is 5.10 Å². The molecule has 0 aliphatic heterocycles. The van der Waals surface area contributed by atoms with E-state index in [4.69, 9.17) is 0 Å². The van der Waals surface area contributed by atoms with Gasteiger partial charge in [0.15, 0.2) is 0 Å². The standard InChI is InChI=1S/C17H22N2O/c20-17(14-8-4-1-2-5-9-14)16-12-13-18-19(16)15-10-6-3-7-11-15/h3,6-7,10-14,17,20H,1-2,4-5,8-9H2. The van der Waals surface area contributed by atoms with Gasteiger partial charge in [0.25, 0.3) is 0 Å². The van der Waals surface area contributed by atoms with E-state index < -0.39 is 6.10 Å². The number of aromatic nitrogens is 2. The molecule has 1 aliphatic carbocycles. The molecule has 1 atom stereocenters. The third-order valence-electron chi connectivity index (χ3n) is 4.32. The first kappa shape index (κ1) is 13.4. The molecule has 1 aromatic heterocycles. The molecule has 0 radical (unpaired) electrons. The average Bonchev–Trinajstić information content (AvgIpc) is 2.82. The Bertz CT molecular complexity index is 527. The molecule has 20 heavy (non-hydrogen) atoms. The van der Waals surface area contributed by atoms with Gasteiger partial charge in [0.1, 0.15) is 0 Å². The predicted octanol–water partition coefficient (Wildman–Crippen LogP) is 3.88. The third kappa shape index (κ3) is 2.78. The number of aliphatic hydroxyl groups excluding tert-OH is 1. The lowest BCUT2D eigenvalue weighted by atomic mass is 9.92. The zero-order chi connectivity index (χ0) is 13.8. The first-order valence-corrected chi connectivity index (χ1v) is 7.63. The van der Waals surface area contributed by atoms with Crippen molar-refractivity contribution in [2.75, 3.05) is 0 Å². The lowest BCUT2D eigenvalue weighted by Crippen LogP contribution is -2.16. The van der Waals surface area contributed by atoms with Crippen molar-refractivity contribution in [2.24, 2.45) is 5.92 Å². The van der Waals surface area contributed by atoms with E-state index in [-0.39, 0.29) is 0 Å². The highest BCUT2D eigenvalue weighted by atomic mass is 16.3. The summed E-state index contributed by atoms with van der Waals surface area (Å²) in [5.74, 6) is 0.372. The van der Waals surface area contributed by atoms with Crippen LogP contribution in [-0.2, 0) is 0 Å². The van der Waals surface area contributed by atoms with Crippen LogP contribution in [0.3, 0.4) is 0 Å². The van der Waals surface area contributed by atoms with Gasteiger partial charge in [-0.05, 0) is 37.0 Å². The molecule has 0 amide bonds. The van der Waals surface area contributed by atoms with Crippen LogP contribution in [0.5, 0.6) is 0 Å². The smallest absolute Gasteiger partial charge is 0.0989 e. The highest BCUT2D eigenvalue weighted by molar-refractivity contribution is 5.32. The molecule has 3 heteroatoms. The van der Waals surface area contributed by atoms with Gasteiger partial charge in [-0.3, -0.25) is 0 Å². The molecule has 2 aromatic rings. The van der Waals surface area contributed by atoms with E-state index in [1.165, 1.54) is 25.7 Å². The molecule has 0 saturated heterocycles. The Morgan fingerprint density at radius 3 is 2.40 bits per heavy atom. The summed E-state index contributed by atoms with van der Waals surface area (Å²) in [6.45, 7) is 0. The quantitative estimate of drug-likeness (QED) is 0.860. The number of hydrogen-bond donors (Lipinski definition) is 1. The van der Waals surface area contributed by atoms with Crippen molar-refractivity contribution in [2.45, 2.75) is 44.6 Å². The van der Waals surface area contributed by atoms with Gasteiger partial charge in [0.2, 0.25) is 0 Å². The van der Waals surface area contributed by atoms with Crippen LogP contribution in [0.2, 0.25) is 0 Å². The fourth-order valence-electron chi connectivity index (χ4n) is 3.19. The summed E-state index contributed by atoms with van der Waals surface area (Å²) >= 11 is 0. The van der Waals surface area contributed by atoms with E-state index >= 15 is 0 Å². The van der Waals surface area contributed by atoms with Crippen molar-refractivity contribution in [3.63, 3.8) is 0 Å². The van der Waals surface area contributed by atoms with E-state index in [1.807, 2.05) is 41.1 Å². The van der Waals surface area contributed by atoms with Crippen LogP contribution < -0.4 is 0 Å². The monoisotopic (exact) mass is 270 g/mol. The van der Waals surface area contributed by atoms with Gasteiger partial charge < -0.3 is 5.11 Å². The minimum absolute atomic E-state index is 0.372. The van der Waals surface area contributed by atoms with Crippen LogP contribution in [0.1, 0.15) is 50.3 Å². The van der Waals surface area contributed by atoms with Crippen molar-refractivity contribution in [1.82, 2.24) is 9.78 Å². The summed E-state index contributed by atoms with van der Waals surface area (Å²) in [7, 11) is 0. The second kappa shape index (κ2) is 6.23. The van der Waals surface area contributed by atoms with Gasteiger partial charge in [-0.1, -0.05) is 43.9 Å². The lowest BCUT2D eigenvalue weighted by Gasteiger charge is -2.22. The van der Waals surface area contributed by atoms with Crippen molar-refractivity contribution in [1.29, 1.82) is 0 Å². The van der Waals surface area contributed by atoms with Crippen LogP contribution in [0.15, 0.2) is 42.6 Å². The topological polar surface area (TPSA) is 38.1 Å². The zero-order valence-electron chi connectivity index (χ0n) is 11.8. The average molecular weight is 270 g/mol. The van der Waals surface area contributed by atoms with E-state index in [2.05, 4.69) is 5.10 Å². The number of hydrogen-bond acceptors (Lipinski definition) is 2. The molecule has 1 aliphatic rings. The Labute approximate surface area is 120 Å². The van der Waals surface area contributed by atoms with Crippen molar-refractivity contribution in [3.8, 4) is 5.69 Å². The molecular weight excluding hydrogens is 248 g/mol. The maximum absolute atomic E-state index is 10.7. The normalized spacial score (nSPS) is 18.6. The predicted molar refractivity (Wildman–Crippen MR) is 79.7 cm³/mol. The molecule has 1 unspecified atom stereocenters. The Morgan fingerprint density at radius 1 is 1.00 bits per heavy atom. The van der Waals surface area contributed by atoms with Gasteiger partial charge in [0.05, 0.1) is 17.5 Å². The Balaban J connectivity index is 1.85. The molecule has 1 aromatic carbocycles. The molecule has 3 rings (SSSR count). The van der Waals surface area contributed by atoms with Crippen molar-refractivity contribution < 1.29 is 5.11 Å². The lowest BCUT2D eigenvalue weighted by molar-refractivity contribution is 0.0924. The van der Waals surface area contributed by atoms with E-state index in [9.17, 15) is 5.11 Å². The summed E-state index contributed by atoms with van der Waals surface area (Å²) in [6, 6.07) is 12.0. The summed E-state index contributed by atoms with van der Waals surface area (Å²) in [5.41, 5.74) is 1.93. The molecule has 0 bridgehead atoms. The number of benzene rings is 1. The van der Waals surface area contributed by atoms with Gasteiger partial charge in [-0.15, -0.1) is 0 Å². The molecule has 1 saturated carbocycles. The minimum atomic E-state index is -0.407. The van der Waals surface area contributed by atoms with Gasteiger partial charge in [-0.25, -0.2) is 4.68 Å². The Morgan fingerprint density at radius 2 is 1.70 bits per heavy atom. The van der Waals surface area contributed by atoms with Crippen LogP contribution in [0.25, 0.3) is 5.69 Å². The zero-order valence-corrected chi connectivity index (χ0v) is 11.8. The molecule has 106 valence electrons. The number of nitrogens with zero attached hydrogens (tertiary/aromatic N) is 2. The minimum Gasteiger partial charge on any atom is -0.387 e. The van der Waals surface area contributed by atoms with E-state index in [0.29, 0.717) is 5.92 Å². The van der Waals surface area contributed by atoms with Crippen LogP contribution >= 0.6 is 0 Å². The molecule has 0 spiro atoms. The fourth-order valence-corrected chi connectivity index (χ4v) is 3.19. The second-order valence-electron chi connectivity index (χ2n) is 5.70. The highest BCUT2D eigenvalue weighted by Crippen LogP contribution is 2.33.